The molecule has 2 aromatic rings. The maximum atomic E-state index is 11.7. The van der Waals surface area contributed by atoms with Crippen molar-refractivity contribution in [1.29, 1.82) is 0 Å². The summed E-state index contributed by atoms with van der Waals surface area (Å²) in [5, 5.41) is 2.61. The molecule has 1 fully saturated rings. The lowest BCUT2D eigenvalue weighted by molar-refractivity contribution is -0.115. The molecule has 0 spiro atoms. The van der Waals surface area contributed by atoms with Crippen LogP contribution in [0.2, 0.25) is 0 Å². The zero-order valence-corrected chi connectivity index (χ0v) is 16.9. The van der Waals surface area contributed by atoms with Crippen molar-refractivity contribution in [2.24, 2.45) is 0 Å². The van der Waals surface area contributed by atoms with E-state index < -0.39 is 0 Å². The summed E-state index contributed by atoms with van der Waals surface area (Å²) in [7, 11) is 0. The summed E-state index contributed by atoms with van der Waals surface area (Å²) in [4.78, 5) is 12.3. The number of nitrogens with one attached hydrogen (secondary N) is 1. The van der Waals surface area contributed by atoms with Gasteiger partial charge in [-0.15, -0.1) is 0 Å². The molecule has 0 bridgehead atoms. The number of thioether (sulfide) groups is 1. The monoisotopic (exact) mass is 399 g/mol. The number of hydrogen-bond donors (Lipinski definition) is 1. The van der Waals surface area contributed by atoms with E-state index >= 15 is 0 Å². The van der Waals surface area contributed by atoms with E-state index in [-0.39, 0.29) is 5.91 Å². The van der Waals surface area contributed by atoms with Crippen LogP contribution in [0.5, 0.6) is 11.5 Å². The molecular weight excluding hydrogens is 378 g/mol. The highest BCUT2D eigenvalue weighted by Crippen LogP contribution is 2.26. The molecule has 0 aliphatic carbocycles. The molecule has 0 unspecified atom stereocenters. The topological polar surface area (TPSA) is 47.6 Å². The Hall–Kier alpha value is -2.31. The molecule has 1 heterocycles. The number of amides is 1. The number of hydrogen-bond acceptors (Lipinski definition) is 5. The lowest BCUT2D eigenvalue weighted by atomic mass is 10.1. The Morgan fingerprint density at radius 3 is 2.33 bits per heavy atom. The van der Waals surface area contributed by atoms with Crippen molar-refractivity contribution in [3.63, 3.8) is 0 Å². The minimum Gasteiger partial charge on any atom is -0.493 e. The molecule has 140 valence electrons. The first-order valence-corrected chi connectivity index (χ1v) is 9.92. The summed E-state index contributed by atoms with van der Waals surface area (Å²) < 4.78 is 12.1. The zero-order chi connectivity index (χ0) is 19.2. The van der Waals surface area contributed by atoms with E-state index in [0.29, 0.717) is 22.4 Å². The van der Waals surface area contributed by atoms with Crippen LogP contribution in [0.3, 0.4) is 0 Å². The smallest absolute Gasteiger partial charge is 0.263 e. The number of carbonyl (C=O) groups excluding carboxylic acids is 1. The Labute approximate surface area is 168 Å². The van der Waals surface area contributed by atoms with Crippen molar-refractivity contribution in [3.8, 4) is 11.5 Å². The lowest BCUT2D eigenvalue weighted by Gasteiger charge is -2.12. The fourth-order valence-corrected chi connectivity index (χ4v) is 3.73. The first kappa shape index (κ1) is 19.5. The molecule has 1 saturated heterocycles. The quantitative estimate of drug-likeness (QED) is 0.418. The van der Waals surface area contributed by atoms with Crippen LogP contribution in [0.1, 0.15) is 23.1 Å². The molecule has 1 amide bonds. The SMILES string of the molecule is Cc1cccc(C)c1OCCCOc1ccc(C=C2SC(=S)NC2=O)cc1. The average Bonchev–Trinajstić information content (AvgIpc) is 2.95. The van der Waals surface area contributed by atoms with Crippen LogP contribution < -0.4 is 14.8 Å². The van der Waals surface area contributed by atoms with Crippen molar-refractivity contribution >= 4 is 40.3 Å². The Balaban J connectivity index is 1.45. The number of aryl methyl sites for hydroxylation is 2. The molecule has 6 heteroatoms. The molecule has 2 aromatic carbocycles. The normalized spacial score (nSPS) is 15.1. The third kappa shape index (κ3) is 5.34. The number of benzene rings is 2. The Bertz CT molecular complexity index is 855. The molecule has 0 atom stereocenters. The van der Waals surface area contributed by atoms with Gasteiger partial charge >= 0.3 is 0 Å². The predicted molar refractivity (Wildman–Crippen MR) is 114 cm³/mol. The van der Waals surface area contributed by atoms with Gasteiger partial charge in [0.05, 0.1) is 18.1 Å². The summed E-state index contributed by atoms with van der Waals surface area (Å²) in [5.41, 5.74) is 3.23. The molecule has 1 aliphatic heterocycles. The molecular formula is C21H21NO3S2. The summed E-state index contributed by atoms with van der Waals surface area (Å²) in [6.45, 7) is 5.30. The fraction of sp³-hybridized carbons (Fsp3) is 0.238. The highest BCUT2D eigenvalue weighted by Gasteiger charge is 2.21. The molecule has 3 rings (SSSR count). The molecule has 27 heavy (non-hydrogen) atoms. The zero-order valence-electron chi connectivity index (χ0n) is 15.3. The van der Waals surface area contributed by atoms with Crippen LogP contribution in [0.25, 0.3) is 6.08 Å². The Morgan fingerprint density at radius 2 is 1.70 bits per heavy atom. The minimum absolute atomic E-state index is 0.144. The van der Waals surface area contributed by atoms with Gasteiger partial charge in [-0.2, -0.15) is 0 Å². The van der Waals surface area contributed by atoms with Crippen LogP contribution in [0.15, 0.2) is 47.4 Å². The van der Waals surface area contributed by atoms with Crippen molar-refractivity contribution in [1.82, 2.24) is 5.32 Å². The number of rotatable bonds is 7. The maximum Gasteiger partial charge on any atom is 0.263 e. The van der Waals surface area contributed by atoms with Gasteiger partial charge < -0.3 is 14.8 Å². The third-order valence-electron chi connectivity index (χ3n) is 4.03. The van der Waals surface area contributed by atoms with Crippen LogP contribution in [0.4, 0.5) is 0 Å². The second kappa shape index (κ2) is 9.06. The highest BCUT2D eigenvalue weighted by molar-refractivity contribution is 8.26. The van der Waals surface area contributed by atoms with Gasteiger partial charge in [0.1, 0.15) is 15.8 Å². The van der Waals surface area contributed by atoms with Gasteiger partial charge in [0.2, 0.25) is 0 Å². The largest absolute Gasteiger partial charge is 0.493 e. The average molecular weight is 400 g/mol. The van der Waals surface area contributed by atoms with Crippen LogP contribution in [-0.2, 0) is 4.79 Å². The summed E-state index contributed by atoms with van der Waals surface area (Å²) in [6, 6.07) is 13.8. The summed E-state index contributed by atoms with van der Waals surface area (Å²) in [6.07, 6.45) is 2.62. The van der Waals surface area contributed by atoms with Crippen molar-refractivity contribution in [3.05, 3.63) is 64.1 Å². The van der Waals surface area contributed by atoms with E-state index in [9.17, 15) is 4.79 Å². The Morgan fingerprint density at radius 1 is 1.04 bits per heavy atom. The molecule has 1 aliphatic rings. The van der Waals surface area contributed by atoms with Gasteiger partial charge in [-0.1, -0.05) is 54.3 Å². The van der Waals surface area contributed by atoms with E-state index in [0.717, 1.165) is 34.6 Å². The van der Waals surface area contributed by atoms with E-state index in [1.165, 1.54) is 11.8 Å². The van der Waals surface area contributed by atoms with E-state index in [1.54, 1.807) is 0 Å². The molecule has 0 aromatic heterocycles. The minimum atomic E-state index is -0.144. The standard InChI is InChI=1S/C21H21NO3S2/c1-14-5-3-6-15(2)19(14)25-12-4-11-24-17-9-7-16(8-10-17)13-18-20(23)22-21(26)27-18/h3,5-10,13H,4,11-12H2,1-2H3,(H,22,23,26). The molecule has 0 saturated carbocycles. The summed E-state index contributed by atoms with van der Waals surface area (Å²) in [5.74, 6) is 1.61. The first-order chi connectivity index (χ1) is 13.0. The summed E-state index contributed by atoms with van der Waals surface area (Å²) >= 11 is 6.26. The van der Waals surface area contributed by atoms with Crippen molar-refractivity contribution < 1.29 is 14.3 Å². The molecule has 0 radical (unpaired) electrons. The van der Waals surface area contributed by atoms with Gasteiger partial charge in [-0.3, -0.25) is 4.79 Å². The third-order valence-corrected chi connectivity index (χ3v) is 5.20. The lowest BCUT2D eigenvalue weighted by Crippen LogP contribution is -2.17. The van der Waals surface area contributed by atoms with Crippen LogP contribution in [-0.4, -0.2) is 23.4 Å². The van der Waals surface area contributed by atoms with E-state index in [2.05, 4.69) is 31.3 Å². The number of thiocarbonyl (C=S) groups is 1. The second-order valence-corrected chi connectivity index (χ2v) is 7.91. The fourth-order valence-electron chi connectivity index (χ4n) is 2.68. The van der Waals surface area contributed by atoms with E-state index in [1.807, 2.05) is 36.4 Å². The maximum absolute atomic E-state index is 11.7. The predicted octanol–water partition coefficient (Wildman–Crippen LogP) is 4.64. The van der Waals surface area contributed by atoms with Crippen LogP contribution in [0, 0.1) is 13.8 Å². The van der Waals surface area contributed by atoms with Crippen molar-refractivity contribution in [2.75, 3.05) is 13.2 Å². The van der Waals surface area contributed by atoms with Gasteiger partial charge in [-0.05, 0) is 48.7 Å². The number of para-hydroxylation sites is 1. The first-order valence-electron chi connectivity index (χ1n) is 8.69. The van der Waals surface area contributed by atoms with Gasteiger partial charge in [0.15, 0.2) is 0 Å². The second-order valence-electron chi connectivity index (χ2n) is 6.19. The van der Waals surface area contributed by atoms with Crippen LogP contribution >= 0.6 is 24.0 Å². The molecule has 4 nitrogen and oxygen atoms in total. The molecule has 1 N–H and O–H groups in total. The van der Waals surface area contributed by atoms with Gasteiger partial charge in [0.25, 0.3) is 5.91 Å². The van der Waals surface area contributed by atoms with E-state index in [4.69, 9.17) is 21.7 Å². The van der Waals surface area contributed by atoms with Crippen molar-refractivity contribution in [2.45, 2.75) is 20.3 Å². The van der Waals surface area contributed by atoms with Gasteiger partial charge in [-0.25, -0.2) is 0 Å². The highest BCUT2D eigenvalue weighted by atomic mass is 32.2. The number of carbonyl (C=O) groups is 1. The number of ether oxygens (including phenoxy) is 2. The Kier molecular flexibility index (Phi) is 6.53. The van der Waals surface area contributed by atoms with Gasteiger partial charge in [0, 0.05) is 6.42 Å².